The van der Waals surface area contributed by atoms with E-state index in [9.17, 15) is 13.2 Å². The molecule has 2 aromatic carbocycles. The van der Waals surface area contributed by atoms with E-state index in [1.54, 1.807) is 39.6 Å². The normalized spacial score (nSPS) is 15.0. The highest BCUT2D eigenvalue weighted by Gasteiger charge is 2.25. The molecule has 1 fully saturated rings. The maximum absolute atomic E-state index is 12.7. The summed E-state index contributed by atoms with van der Waals surface area (Å²) >= 11 is 0. The van der Waals surface area contributed by atoms with Crippen molar-refractivity contribution in [2.75, 3.05) is 18.4 Å². The summed E-state index contributed by atoms with van der Waals surface area (Å²) in [4.78, 5) is 16.6. The lowest BCUT2D eigenvalue weighted by Crippen LogP contribution is -2.35. The standard InChI is InChI=1S/C22H25N5O3S/c28-22(25-20-8-4-19(5-9-20)15-26-17-23-16-24-26)14-18-6-10-21(11-7-18)31(29,30)27-12-2-1-3-13-27/h4-11,16-17H,1-3,12-15H2,(H,25,28). The summed E-state index contributed by atoms with van der Waals surface area (Å²) in [6, 6.07) is 14.1. The molecule has 1 amide bonds. The first-order valence-corrected chi connectivity index (χ1v) is 11.7. The van der Waals surface area contributed by atoms with Crippen LogP contribution in [0.1, 0.15) is 30.4 Å². The molecule has 4 rings (SSSR count). The van der Waals surface area contributed by atoms with E-state index >= 15 is 0 Å². The number of hydrogen-bond donors (Lipinski definition) is 1. The van der Waals surface area contributed by atoms with Crippen LogP contribution in [0.25, 0.3) is 0 Å². The molecule has 1 aromatic heterocycles. The fraction of sp³-hybridized carbons (Fsp3) is 0.318. The predicted octanol–water partition coefficient (Wildman–Crippen LogP) is 2.68. The number of aromatic nitrogens is 3. The molecule has 0 aliphatic carbocycles. The molecule has 0 unspecified atom stereocenters. The summed E-state index contributed by atoms with van der Waals surface area (Å²) in [6.07, 6.45) is 6.19. The molecule has 0 spiro atoms. The van der Waals surface area contributed by atoms with Gasteiger partial charge in [0.1, 0.15) is 12.7 Å². The number of benzene rings is 2. The monoisotopic (exact) mass is 439 g/mol. The van der Waals surface area contributed by atoms with Gasteiger partial charge in [-0.3, -0.25) is 4.79 Å². The average molecular weight is 440 g/mol. The Kier molecular flexibility index (Phi) is 6.43. The zero-order valence-corrected chi connectivity index (χ0v) is 18.0. The van der Waals surface area contributed by atoms with E-state index in [2.05, 4.69) is 15.4 Å². The van der Waals surface area contributed by atoms with E-state index in [4.69, 9.17) is 0 Å². The van der Waals surface area contributed by atoms with Gasteiger partial charge >= 0.3 is 0 Å². The third-order valence-corrected chi connectivity index (χ3v) is 7.20. The van der Waals surface area contributed by atoms with Gasteiger partial charge in [-0.25, -0.2) is 18.1 Å². The lowest BCUT2D eigenvalue weighted by molar-refractivity contribution is -0.115. The van der Waals surface area contributed by atoms with Crippen molar-refractivity contribution in [3.63, 3.8) is 0 Å². The van der Waals surface area contributed by atoms with Crippen molar-refractivity contribution in [1.29, 1.82) is 0 Å². The number of nitrogens with one attached hydrogen (secondary N) is 1. The molecule has 162 valence electrons. The maximum Gasteiger partial charge on any atom is 0.243 e. The minimum absolute atomic E-state index is 0.157. The van der Waals surface area contributed by atoms with Crippen molar-refractivity contribution in [3.05, 3.63) is 72.3 Å². The molecule has 3 aromatic rings. The minimum atomic E-state index is -3.46. The number of amides is 1. The van der Waals surface area contributed by atoms with Gasteiger partial charge < -0.3 is 5.32 Å². The number of sulfonamides is 1. The second-order valence-corrected chi connectivity index (χ2v) is 9.56. The molecular formula is C22H25N5O3S. The van der Waals surface area contributed by atoms with Crippen LogP contribution in [0.3, 0.4) is 0 Å². The van der Waals surface area contributed by atoms with Crippen LogP contribution in [0.5, 0.6) is 0 Å². The molecule has 31 heavy (non-hydrogen) atoms. The summed E-state index contributed by atoms with van der Waals surface area (Å²) in [7, 11) is -3.46. The van der Waals surface area contributed by atoms with Crippen molar-refractivity contribution < 1.29 is 13.2 Å². The minimum Gasteiger partial charge on any atom is -0.326 e. The second-order valence-electron chi connectivity index (χ2n) is 7.62. The Bertz CT molecular complexity index is 1100. The lowest BCUT2D eigenvalue weighted by Gasteiger charge is -2.25. The molecule has 8 nitrogen and oxygen atoms in total. The lowest BCUT2D eigenvalue weighted by atomic mass is 10.1. The van der Waals surface area contributed by atoms with Gasteiger partial charge in [0.25, 0.3) is 0 Å². The number of nitrogens with zero attached hydrogens (tertiary/aromatic N) is 4. The van der Waals surface area contributed by atoms with Crippen LogP contribution in [0.4, 0.5) is 5.69 Å². The average Bonchev–Trinajstić information content (AvgIpc) is 3.29. The molecule has 0 saturated carbocycles. The Morgan fingerprint density at radius 1 is 0.935 bits per heavy atom. The van der Waals surface area contributed by atoms with Crippen LogP contribution in [-0.2, 0) is 27.8 Å². The van der Waals surface area contributed by atoms with E-state index in [-0.39, 0.29) is 17.2 Å². The van der Waals surface area contributed by atoms with Gasteiger partial charge in [-0.05, 0) is 48.2 Å². The fourth-order valence-corrected chi connectivity index (χ4v) is 5.14. The van der Waals surface area contributed by atoms with Gasteiger partial charge in [-0.2, -0.15) is 9.40 Å². The SMILES string of the molecule is O=C(Cc1ccc(S(=O)(=O)N2CCCCC2)cc1)Nc1ccc(Cn2cncn2)cc1. The molecule has 1 aliphatic heterocycles. The number of carbonyl (C=O) groups excluding carboxylic acids is 1. The van der Waals surface area contributed by atoms with Crippen molar-refractivity contribution in [2.45, 2.75) is 37.1 Å². The maximum atomic E-state index is 12.7. The van der Waals surface area contributed by atoms with Crippen LogP contribution in [0.15, 0.2) is 66.1 Å². The first-order chi connectivity index (χ1) is 15.0. The van der Waals surface area contributed by atoms with Crippen LogP contribution in [0, 0.1) is 0 Å². The highest BCUT2D eigenvalue weighted by Crippen LogP contribution is 2.21. The molecule has 1 N–H and O–H groups in total. The van der Waals surface area contributed by atoms with Crippen molar-refractivity contribution >= 4 is 21.6 Å². The van der Waals surface area contributed by atoms with Crippen LogP contribution in [0.2, 0.25) is 0 Å². The number of hydrogen-bond acceptors (Lipinski definition) is 5. The quantitative estimate of drug-likeness (QED) is 0.610. The summed E-state index contributed by atoms with van der Waals surface area (Å²) < 4.78 is 28.7. The molecule has 1 saturated heterocycles. The van der Waals surface area contributed by atoms with Gasteiger partial charge in [0, 0.05) is 18.8 Å². The largest absolute Gasteiger partial charge is 0.326 e. The number of rotatable bonds is 7. The van der Waals surface area contributed by atoms with E-state index in [0.29, 0.717) is 25.3 Å². The molecule has 1 aliphatic rings. The van der Waals surface area contributed by atoms with E-state index in [0.717, 1.165) is 30.4 Å². The molecule has 0 bridgehead atoms. The van der Waals surface area contributed by atoms with E-state index in [1.165, 1.54) is 6.33 Å². The topological polar surface area (TPSA) is 97.2 Å². The number of carbonyl (C=O) groups is 1. The Labute approximate surface area is 182 Å². The summed E-state index contributed by atoms with van der Waals surface area (Å²) in [6.45, 7) is 1.76. The zero-order chi connectivity index (χ0) is 21.7. The highest BCUT2D eigenvalue weighted by atomic mass is 32.2. The first kappa shape index (κ1) is 21.2. The molecule has 2 heterocycles. The summed E-state index contributed by atoms with van der Waals surface area (Å²) in [5, 5.41) is 6.95. The Morgan fingerprint density at radius 3 is 2.26 bits per heavy atom. The number of piperidine rings is 1. The van der Waals surface area contributed by atoms with Crippen LogP contribution in [-0.4, -0.2) is 46.5 Å². The Morgan fingerprint density at radius 2 is 1.61 bits per heavy atom. The van der Waals surface area contributed by atoms with Crippen molar-refractivity contribution in [1.82, 2.24) is 19.1 Å². The van der Waals surface area contributed by atoms with E-state index in [1.807, 2.05) is 24.3 Å². The fourth-order valence-electron chi connectivity index (χ4n) is 3.62. The third-order valence-electron chi connectivity index (χ3n) is 5.29. The number of anilines is 1. The predicted molar refractivity (Wildman–Crippen MR) is 117 cm³/mol. The van der Waals surface area contributed by atoms with Crippen molar-refractivity contribution in [3.8, 4) is 0 Å². The smallest absolute Gasteiger partial charge is 0.243 e. The second kappa shape index (κ2) is 9.40. The van der Waals surface area contributed by atoms with Gasteiger partial charge in [0.15, 0.2) is 0 Å². The van der Waals surface area contributed by atoms with E-state index < -0.39 is 10.0 Å². The van der Waals surface area contributed by atoms with Gasteiger partial charge in [-0.1, -0.05) is 30.7 Å². The first-order valence-electron chi connectivity index (χ1n) is 10.3. The summed E-state index contributed by atoms with van der Waals surface area (Å²) in [5.74, 6) is -0.157. The molecular weight excluding hydrogens is 414 g/mol. The Hall–Kier alpha value is -3.04. The Balaban J connectivity index is 1.33. The molecule has 0 radical (unpaired) electrons. The zero-order valence-electron chi connectivity index (χ0n) is 17.1. The van der Waals surface area contributed by atoms with Crippen LogP contribution >= 0.6 is 0 Å². The van der Waals surface area contributed by atoms with Gasteiger partial charge in [-0.15, -0.1) is 0 Å². The highest BCUT2D eigenvalue weighted by molar-refractivity contribution is 7.89. The van der Waals surface area contributed by atoms with Crippen LogP contribution < -0.4 is 5.32 Å². The van der Waals surface area contributed by atoms with Gasteiger partial charge in [0.2, 0.25) is 15.9 Å². The summed E-state index contributed by atoms with van der Waals surface area (Å²) in [5.41, 5.74) is 2.52. The molecule has 9 heteroatoms. The third kappa shape index (κ3) is 5.36. The van der Waals surface area contributed by atoms with Gasteiger partial charge in [0.05, 0.1) is 17.9 Å². The molecule has 0 atom stereocenters. The van der Waals surface area contributed by atoms with Crippen molar-refractivity contribution in [2.24, 2.45) is 0 Å².